The molecule has 0 heterocycles. The van der Waals surface area contributed by atoms with Crippen LogP contribution >= 0.6 is 12.6 Å². The lowest BCUT2D eigenvalue weighted by atomic mass is 10.7. The molecule has 0 aromatic carbocycles. The van der Waals surface area contributed by atoms with Crippen molar-refractivity contribution in [3.63, 3.8) is 0 Å². The predicted octanol–water partition coefficient (Wildman–Crippen LogP) is 0.422. The summed E-state index contributed by atoms with van der Waals surface area (Å²) in [6.45, 7) is 0.0868. The maximum absolute atomic E-state index is 7.93. The van der Waals surface area contributed by atoms with Crippen molar-refractivity contribution in [1.29, 1.82) is 0 Å². The molecule has 0 unspecified atom stereocenters. The van der Waals surface area contributed by atoms with Gasteiger partial charge in [-0.3, -0.25) is 0 Å². The second kappa shape index (κ2) is 4.05. The topological polar surface area (TPSA) is 20.2 Å². The molecule has 30 valence electrons. The number of rotatable bonds is 1. The van der Waals surface area contributed by atoms with Crippen LogP contribution in [0.15, 0.2) is 11.5 Å². The third-order valence-electron chi connectivity index (χ3n) is 0.211. The quantitative estimate of drug-likeness (QED) is 0.447. The van der Waals surface area contributed by atoms with Crippen LogP contribution in [0.4, 0.5) is 0 Å². The standard InChI is InChI=1S/C3H6OS/c4-2-1-3-5/h1,3-5H,2H2. The van der Waals surface area contributed by atoms with E-state index in [0.717, 1.165) is 0 Å². The van der Waals surface area contributed by atoms with Gasteiger partial charge in [-0.05, 0) is 5.41 Å². The number of hydrogen-bond acceptors (Lipinski definition) is 2. The molecular weight excluding hydrogens is 84.1 g/mol. The van der Waals surface area contributed by atoms with Crippen molar-refractivity contribution in [3.8, 4) is 0 Å². The SMILES string of the molecule is OCC=CS. The first kappa shape index (κ1) is 5.05. The fourth-order valence-electron chi connectivity index (χ4n) is 0.0471. The molecule has 0 saturated heterocycles. The smallest absolute Gasteiger partial charge is 0.0620 e. The molecule has 0 saturated carbocycles. The lowest BCUT2D eigenvalue weighted by Crippen LogP contribution is -1.64. The van der Waals surface area contributed by atoms with E-state index in [1.54, 1.807) is 6.08 Å². The third-order valence-corrected chi connectivity index (χ3v) is 0.422. The number of hydrogen-bond donors (Lipinski definition) is 2. The summed E-state index contributed by atoms with van der Waals surface area (Å²) in [6.07, 6.45) is 1.54. The minimum atomic E-state index is 0.0868. The summed E-state index contributed by atoms with van der Waals surface area (Å²) in [5, 5.41) is 9.43. The van der Waals surface area contributed by atoms with Crippen LogP contribution in [0, 0.1) is 0 Å². The van der Waals surface area contributed by atoms with E-state index in [1.165, 1.54) is 5.41 Å². The number of thiol groups is 1. The lowest BCUT2D eigenvalue weighted by molar-refractivity contribution is 0.343. The van der Waals surface area contributed by atoms with Crippen molar-refractivity contribution in [2.45, 2.75) is 0 Å². The van der Waals surface area contributed by atoms with Gasteiger partial charge in [0.1, 0.15) is 0 Å². The molecule has 0 spiro atoms. The Kier molecular flexibility index (Phi) is 4.09. The maximum atomic E-state index is 7.93. The first-order valence-corrected chi connectivity index (χ1v) is 1.83. The van der Waals surface area contributed by atoms with E-state index in [0.29, 0.717) is 0 Å². The second-order valence-electron chi connectivity index (χ2n) is 0.567. The molecule has 0 aliphatic carbocycles. The normalized spacial score (nSPS) is 10.0. The Morgan fingerprint density at radius 2 is 2.40 bits per heavy atom. The molecule has 1 nitrogen and oxygen atoms in total. The van der Waals surface area contributed by atoms with Crippen LogP contribution in [0.25, 0.3) is 0 Å². The average molecular weight is 90.1 g/mol. The summed E-state index contributed by atoms with van der Waals surface area (Å²) >= 11 is 3.66. The van der Waals surface area contributed by atoms with Crippen LogP contribution in [-0.2, 0) is 0 Å². The van der Waals surface area contributed by atoms with E-state index in [9.17, 15) is 0 Å². The summed E-state index contributed by atoms with van der Waals surface area (Å²) in [4.78, 5) is 0. The van der Waals surface area contributed by atoms with E-state index in [-0.39, 0.29) is 6.61 Å². The Morgan fingerprint density at radius 3 is 2.40 bits per heavy atom. The van der Waals surface area contributed by atoms with Gasteiger partial charge in [0, 0.05) is 0 Å². The number of aliphatic hydroxyl groups is 1. The van der Waals surface area contributed by atoms with Gasteiger partial charge in [0.2, 0.25) is 0 Å². The van der Waals surface area contributed by atoms with Crippen molar-refractivity contribution >= 4 is 12.6 Å². The molecule has 0 amide bonds. The fourth-order valence-corrected chi connectivity index (χ4v) is 0.141. The zero-order chi connectivity index (χ0) is 4.12. The van der Waals surface area contributed by atoms with Gasteiger partial charge in [-0.1, -0.05) is 6.08 Å². The molecule has 0 rings (SSSR count). The van der Waals surface area contributed by atoms with Gasteiger partial charge < -0.3 is 5.11 Å². The van der Waals surface area contributed by atoms with Crippen molar-refractivity contribution in [3.05, 3.63) is 11.5 Å². The van der Waals surface area contributed by atoms with Crippen molar-refractivity contribution in [2.24, 2.45) is 0 Å². The van der Waals surface area contributed by atoms with Crippen molar-refractivity contribution < 1.29 is 5.11 Å². The fraction of sp³-hybridized carbons (Fsp3) is 0.333. The molecule has 2 heteroatoms. The molecule has 0 bridgehead atoms. The average Bonchev–Trinajstić information content (AvgIpc) is 1.41. The minimum Gasteiger partial charge on any atom is -0.392 e. The first-order valence-electron chi connectivity index (χ1n) is 1.32. The van der Waals surface area contributed by atoms with Gasteiger partial charge in [0.15, 0.2) is 0 Å². The highest BCUT2D eigenvalue weighted by Gasteiger charge is 1.53. The van der Waals surface area contributed by atoms with Gasteiger partial charge in [-0.15, -0.1) is 0 Å². The summed E-state index contributed by atoms with van der Waals surface area (Å²) in [7, 11) is 0. The molecule has 0 fully saturated rings. The highest BCUT2D eigenvalue weighted by atomic mass is 32.1. The summed E-state index contributed by atoms with van der Waals surface area (Å²) in [5.74, 6) is 0. The van der Waals surface area contributed by atoms with E-state index < -0.39 is 0 Å². The van der Waals surface area contributed by atoms with Gasteiger partial charge in [0.25, 0.3) is 0 Å². The van der Waals surface area contributed by atoms with Gasteiger partial charge in [-0.2, -0.15) is 12.6 Å². The molecular formula is C3H6OS. The van der Waals surface area contributed by atoms with E-state index in [4.69, 9.17) is 5.11 Å². The van der Waals surface area contributed by atoms with Crippen molar-refractivity contribution in [1.82, 2.24) is 0 Å². The zero-order valence-electron chi connectivity index (χ0n) is 2.76. The Balaban J connectivity index is 2.62. The molecule has 5 heavy (non-hydrogen) atoms. The second-order valence-corrected chi connectivity index (χ2v) is 0.865. The molecule has 0 aliphatic heterocycles. The zero-order valence-corrected chi connectivity index (χ0v) is 3.65. The van der Waals surface area contributed by atoms with E-state index in [1.807, 2.05) is 0 Å². The van der Waals surface area contributed by atoms with E-state index in [2.05, 4.69) is 12.6 Å². The minimum absolute atomic E-state index is 0.0868. The molecule has 0 aromatic heterocycles. The largest absolute Gasteiger partial charge is 0.392 e. The lowest BCUT2D eigenvalue weighted by Gasteiger charge is -1.65. The highest BCUT2D eigenvalue weighted by molar-refractivity contribution is 7.83. The molecule has 1 N–H and O–H groups in total. The van der Waals surface area contributed by atoms with Gasteiger partial charge >= 0.3 is 0 Å². The Hall–Kier alpha value is 0.0500. The predicted molar refractivity (Wildman–Crippen MR) is 25.2 cm³/mol. The maximum Gasteiger partial charge on any atom is 0.0620 e. The highest BCUT2D eigenvalue weighted by Crippen LogP contribution is 1.70. The van der Waals surface area contributed by atoms with Crippen LogP contribution in [0.3, 0.4) is 0 Å². The molecule has 0 atom stereocenters. The Bertz CT molecular complexity index is 33.9. The Morgan fingerprint density at radius 1 is 1.80 bits per heavy atom. The number of aliphatic hydroxyl groups excluding tert-OH is 1. The van der Waals surface area contributed by atoms with Gasteiger partial charge in [0.05, 0.1) is 6.61 Å². The molecule has 0 aliphatic rings. The summed E-state index contributed by atoms with van der Waals surface area (Å²) in [5.41, 5.74) is 0. The van der Waals surface area contributed by atoms with Crippen LogP contribution < -0.4 is 0 Å². The Labute approximate surface area is 36.7 Å². The molecule has 0 aromatic rings. The summed E-state index contributed by atoms with van der Waals surface area (Å²) in [6, 6.07) is 0. The monoisotopic (exact) mass is 90.0 g/mol. The first-order chi connectivity index (χ1) is 2.41. The van der Waals surface area contributed by atoms with Crippen molar-refractivity contribution in [2.75, 3.05) is 6.61 Å². The third kappa shape index (κ3) is 4.05. The molecule has 0 radical (unpaired) electrons. The van der Waals surface area contributed by atoms with Gasteiger partial charge in [-0.25, -0.2) is 0 Å². The van der Waals surface area contributed by atoms with Crippen LogP contribution in [-0.4, -0.2) is 11.7 Å². The van der Waals surface area contributed by atoms with Crippen LogP contribution in [0.1, 0.15) is 0 Å². The summed E-state index contributed by atoms with van der Waals surface area (Å²) < 4.78 is 0. The van der Waals surface area contributed by atoms with Crippen LogP contribution in [0.2, 0.25) is 0 Å². The van der Waals surface area contributed by atoms with E-state index >= 15 is 0 Å². The van der Waals surface area contributed by atoms with Crippen LogP contribution in [0.5, 0.6) is 0 Å².